The number of epoxide rings is 1. The van der Waals surface area contributed by atoms with Gasteiger partial charge in [0.1, 0.15) is 29.7 Å². The Morgan fingerprint density at radius 2 is 1.75 bits per heavy atom. The highest BCUT2D eigenvalue weighted by Crippen LogP contribution is 2.93. The van der Waals surface area contributed by atoms with E-state index in [0.29, 0.717) is 67.1 Å². The highest BCUT2D eigenvalue weighted by molar-refractivity contribution is 5.94. The number of aliphatic hydroxyl groups excluding tert-OH is 3. The number of fused-ring (bicyclic) bond motifs is 6. The average molecular weight is 1300 g/mol. The molecule has 0 amide bonds. The minimum absolute atomic E-state index is 0.0505. The number of hydrogen-bond donors (Lipinski definition) is 4. The van der Waals surface area contributed by atoms with Crippen molar-refractivity contribution >= 4 is 17.7 Å². The molecule has 9 bridgehead atoms. The summed E-state index contributed by atoms with van der Waals surface area (Å²) in [6, 6.07) is 13.3. The third-order valence-corrected chi connectivity index (χ3v) is 35.0. The Morgan fingerprint density at radius 1 is 0.865 bits per heavy atom. The monoisotopic (exact) mass is 1300 g/mol. The summed E-state index contributed by atoms with van der Waals surface area (Å²) in [6.45, 7) is 3.83. The van der Waals surface area contributed by atoms with Crippen molar-refractivity contribution in [2.75, 3.05) is 26.4 Å². The van der Waals surface area contributed by atoms with Crippen molar-refractivity contribution in [1.82, 2.24) is 10.2 Å². The first-order chi connectivity index (χ1) is 46.7. The maximum atomic E-state index is 18.4. The van der Waals surface area contributed by atoms with Gasteiger partial charge >= 0.3 is 11.9 Å². The van der Waals surface area contributed by atoms with Gasteiger partial charge in [0.15, 0.2) is 17.5 Å². The van der Waals surface area contributed by atoms with E-state index < -0.39 is 92.0 Å². The Hall–Kier alpha value is -4.55. The predicted octanol–water partition coefficient (Wildman–Crippen LogP) is 11.5. The lowest BCUT2D eigenvalue weighted by atomic mass is 9.28. The first kappa shape index (κ1) is 59.2. The number of nitrogens with zero attached hydrogens (tertiary/aromatic N) is 1. The van der Waals surface area contributed by atoms with Crippen LogP contribution in [0.2, 0.25) is 0 Å². The zero-order valence-electron chi connectivity index (χ0n) is 56.3. The van der Waals surface area contributed by atoms with Crippen LogP contribution in [0.15, 0.2) is 83.2 Å². The SMILES string of the molecule is CC12CC3CC45CC6(CCCC6)CC4CC4=CC6C7(CCC8C=CCC9C%10CCCC%10CCC896)OC46C5C(=O)OCC64C7C(=O)C(O)C5(C6CC(Cc7ccccc7)CCC6C#CCC1(c1ccoc1CC(C(O)CO)C1CCC6C(C=CN7CNCC67)C1)OC(=O)C1OC152)C34. The number of nitrogens with one attached hydrogen (secondary N) is 1. The number of Topliss-reactive ketones (excluding diaryl/α,β-unsaturated/α-hetero) is 1. The summed E-state index contributed by atoms with van der Waals surface area (Å²) in [5.74, 6) is 8.14. The lowest BCUT2D eigenvalue weighted by Crippen LogP contribution is -2.84. The number of allylic oxidation sites excluding steroid dienone is 3. The molecule has 30 atom stereocenters. The van der Waals surface area contributed by atoms with Crippen molar-refractivity contribution < 1.29 is 53.1 Å². The van der Waals surface area contributed by atoms with Crippen LogP contribution in [0.1, 0.15) is 178 Å². The molecule has 30 unspecified atom stereocenters. The second-order valence-corrected chi connectivity index (χ2v) is 37.2. The maximum absolute atomic E-state index is 18.4. The smallest absolute Gasteiger partial charge is 0.339 e. The molecule has 8 heterocycles. The standard InChI is InChI=1S/C83H100N2O11/c1-74-38-52-39-76-43-75(25-5-6-26-75)40-55(76)35-54-36-65-77-28-21-48-12-7-15-56(48)59(77)16-8-14-53(77)22-29-79(65)68-66(88)70(89)81(67(52)78(68)44-93-72(90)69(76)82(54,78)96-79)61-33-47(32-46-10-3-2-4-11-46)17-18-49(61)13-9-27-80(74,95-73(91)71-83(74,81)94-71)60-24-31-92-64(60)37-58(63(87)42-86)50-19-20-57-51(34-50)23-30-85-45-84-41-62(57)85/h2-4,8,10-11,14,23-24,30-31,36,47-53,55-59,61-63,65,67-71,84,86-87,89H,5-7,12,15-22,25-29,32-35,37-45H2,1H3. The molecule has 1 aromatic heterocycles. The number of cyclic esters (lactones) is 1. The molecule has 96 heavy (non-hydrogen) atoms. The molecule has 16 fully saturated rings. The van der Waals surface area contributed by atoms with Gasteiger partial charge in [-0.1, -0.05) is 99.1 Å². The number of hydrogen-bond acceptors (Lipinski definition) is 13. The van der Waals surface area contributed by atoms with Gasteiger partial charge in [0.25, 0.3) is 0 Å². The Kier molecular flexibility index (Phi) is 12.0. The van der Waals surface area contributed by atoms with Gasteiger partial charge in [-0.2, -0.15) is 0 Å². The zero-order chi connectivity index (χ0) is 64.1. The molecule has 1 aromatic carbocycles. The minimum Gasteiger partial charge on any atom is -0.469 e. The van der Waals surface area contributed by atoms with Crippen LogP contribution in [-0.4, -0.2) is 106 Å². The normalized spacial score (nSPS) is 54.0. The zero-order valence-corrected chi connectivity index (χ0v) is 56.3. The van der Waals surface area contributed by atoms with Crippen LogP contribution in [0.25, 0.3) is 0 Å². The Morgan fingerprint density at radius 3 is 2.62 bits per heavy atom. The number of furan rings is 1. The van der Waals surface area contributed by atoms with Gasteiger partial charge in [0, 0.05) is 47.2 Å². The number of rotatable bonds is 8. The fourth-order valence-electron chi connectivity index (χ4n) is 32.7. The van der Waals surface area contributed by atoms with Gasteiger partial charge < -0.3 is 43.6 Å². The number of carbonyl (C=O) groups is 3. The number of carbonyl (C=O) groups excluding carboxylic acids is 3. The molecular weight excluding hydrogens is 1200 g/mol. The molecular formula is C83H100N2O11. The van der Waals surface area contributed by atoms with Crippen LogP contribution in [0, 0.1) is 145 Å². The Labute approximate surface area is 565 Å². The number of ether oxygens (including phenoxy) is 4. The molecule has 2 aromatic rings. The molecule has 5 saturated heterocycles. The van der Waals surface area contributed by atoms with Crippen molar-refractivity contribution in [3.8, 4) is 11.8 Å². The molecule has 7 aliphatic heterocycles. The van der Waals surface area contributed by atoms with Crippen LogP contribution in [0.3, 0.4) is 0 Å². The van der Waals surface area contributed by atoms with Crippen LogP contribution >= 0.6 is 0 Å². The highest BCUT2D eigenvalue weighted by atomic mass is 16.7. The third-order valence-electron chi connectivity index (χ3n) is 35.0. The van der Waals surface area contributed by atoms with Gasteiger partial charge in [-0.25, -0.2) is 4.79 Å². The summed E-state index contributed by atoms with van der Waals surface area (Å²) in [5, 5.41) is 42.5. The van der Waals surface area contributed by atoms with Crippen molar-refractivity contribution in [2.24, 2.45) is 133 Å². The quantitative estimate of drug-likeness (QED) is 0.0849. The lowest BCUT2D eigenvalue weighted by molar-refractivity contribution is -0.315. The third kappa shape index (κ3) is 6.61. The number of esters is 2. The van der Waals surface area contributed by atoms with Crippen LogP contribution in [0.5, 0.6) is 0 Å². The van der Waals surface area contributed by atoms with E-state index in [0.717, 1.165) is 121 Å². The minimum atomic E-state index is -1.56. The molecule has 4 N–H and O–H groups in total. The summed E-state index contributed by atoms with van der Waals surface area (Å²) in [6.07, 6.45) is 34.9. The second kappa shape index (κ2) is 19.5. The van der Waals surface area contributed by atoms with Crippen molar-refractivity contribution in [2.45, 2.75) is 221 Å². The largest absolute Gasteiger partial charge is 0.469 e. The van der Waals surface area contributed by atoms with Gasteiger partial charge in [0.05, 0.1) is 54.9 Å². The fraction of sp³-hybridized carbons (Fsp3) is 0.747. The van der Waals surface area contributed by atoms with Gasteiger partial charge in [-0.15, -0.1) is 0 Å². The molecule has 13 nitrogen and oxygen atoms in total. The molecule has 508 valence electrons. The van der Waals surface area contributed by atoms with Gasteiger partial charge in [-0.3, -0.25) is 14.9 Å². The van der Waals surface area contributed by atoms with E-state index in [1.54, 1.807) is 6.26 Å². The van der Waals surface area contributed by atoms with Crippen molar-refractivity contribution in [3.63, 3.8) is 0 Å². The summed E-state index contributed by atoms with van der Waals surface area (Å²) >= 11 is 0. The first-order valence-corrected chi connectivity index (χ1v) is 39.1. The average Bonchev–Trinajstić information content (AvgIpc) is 1.40. The van der Waals surface area contributed by atoms with E-state index in [4.69, 9.17) is 23.4 Å². The van der Waals surface area contributed by atoms with E-state index in [1.807, 2.05) is 6.07 Å². The van der Waals surface area contributed by atoms with Gasteiger partial charge in [0.2, 0.25) is 0 Å². The molecule has 8 spiro atoms. The number of ketones is 1. The van der Waals surface area contributed by atoms with E-state index in [9.17, 15) is 10.2 Å². The topological polar surface area (TPSA) is 181 Å². The van der Waals surface area contributed by atoms with Crippen LogP contribution in [-0.2, 0) is 51.8 Å². The molecule has 11 saturated carbocycles. The molecule has 13 heteroatoms. The van der Waals surface area contributed by atoms with Gasteiger partial charge in [-0.05, 0) is 245 Å². The molecule has 13 aliphatic carbocycles. The summed E-state index contributed by atoms with van der Waals surface area (Å²) in [7, 11) is 0. The fourth-order valence-corrected chi connectivity index (χ4v) is 32.7. The lowest BCUT2D eigenvalue weighted by Gasteiger charge is -2.74. The van der Waals surface area contributed by atoms with Crippen LogP contribution < -0.4 is 5.32 Å². The molecule has 20 aliphatic rings. The maximum Gasteiger partial charge on any atom is 0.339 e. The van der Waals surface area contributed by atoms with Crippen molar-refractivity contribution in [1.29, 1.82) is 0 Å². The second-order valence-electron chi connectivity index (χ2n) is 37.2. The molecule has 0 radical (unpaired) electrons. The van der Waals surface area contributed by atoms with E-state index >= 15 is 19.5 Å². The summed E-state index contributed by atoms with van der Waals surface area (Å²) < 4.78 is 38.8. The highest BCUT2D eigenvalue weighted by Gasteiger charge is 3.01. The number of benzene rings is 1. The van der Waals surface area contributed by atoms with E-state index in [1.165, 1.54) is 49.7 Å². The Balaban J connectivity index is 0.777. The van der Waals surface area contributed by atoms with E-state index in [2.05, 4.69) is 89.8 Å². The molecule has 22 rings (SSSR count). The predicted molar refractivity (Wildman–Crippen MR) is 353 cm³/mol. The Bertz CT molecular complexity index is 3840. The summed E-state index contributed by atoms with van der Waals surface area (Å²) in [4.78, 5) is 53.8. The van der Waals surface area contributed by atoms with Crippen LogP contribution in [0.4, 0.5) is 0 Å². The first-order valence-electron chi connectivity index (χ1n) is 39.1. The van der Waals surface area contributed by atoms with Crippen molar-refractivity contribution in [3.05, 3.63) is 95.6 Å². The number of aliphatic hydroxyl groups is 3. The summed E-state index contributed by atoms with van der Waals surface area (Å²) in [5.41, 5.74) is -6.07. The van der Waals surface area contributed by atoms with E-state index in [-0.39, 0.29) is 83.6 Å².